The van der Waals surface area contributed by atoms with E-state index < -0.39 is 6.04 Å². The van der Waals surface area contributed by atoms with Gasteiger partial charge in [-0.05, 0) is 17.0 Å². The van der Waals surface area contributed by atoms with Crippen LogP contribution in [-0.2, 0) is 27.3 Å². The van der Waals surface area contributed by atoms with E-state index in [0.29, 0.717) is 13.2 Å². The average Bonchev–Trinajstić information content (AvgIpc) is 2.77. The zero-order valence-electron chi connectivity index (χ0n) is 18.4. The van der Waals surface area contributed by atoms with Crippen molar-refractivity contribution in [3.8, 4) is 0 Å². The highest BCUT2D eigenvalue weighted by Gasteiger charge is 2.26. The Hall–Kier alpha value is -2.70. The van der Waals surface area contributed by atoms with Crippen molar-refractivity contribution in [3.05, 3.63) is 71.8 Å². The fourth-order valence-electron chi connectivity index (χ4n) is 3.75. The first-order chi connectivity index (χ1) is 15.0. The Kier molecular flexibility index (Phi) is 8.62. The fourth-order valence-corrected chi connectivity index (χ4v) is 3.75. The second-order valence-electron chi connectivity index (χ2n) is 8.41. The summed E-state index contributed by atoms with van der Waals surface area (Å²) in [6.07, 6.45) is 0.201. The molecule has 0 aromatic heterocycles. The SMILES string of the molecule is CC(C)C(NC(=O)Cc1ccccc1)C(=O)NCC1CN(Cc2ccccc2)CCO1. The molecule has 0 spiro atoms. The third-order valence-electron chi connectivity index (χ3n) is 5.45. The zero-order chi connectivity index (χ0) is 22.1. The van der Waals surface area contributed by atoms with Crippen molar-refractivity contribution in [2.75, 3.05) is 26.2 Å². The lowest BCUT2D eigenvalue weighted by Gasteiger charge is -2.33. The van der Waals surface area contributed by atoms with Crippen LogP contribution in [0, 0.1) is 5.92 Å². The summed E-state index contributed by atoms with van der Waals surface area (Å²) >= 11 is 0. The number of ether oxygens (including phenoxy) is 1. The highest BCUT2D eigenvalue weighted by molar-refractivity contribution is 5.88. The number of morpholine rings is 1. The molecular weight excluding hydrogens is 390 g/mol. The monoisotopic (exact) mass is 423 g/mol. The predicted octanol–water partition coefficient (Wildman–Crippen LogP) is 2.39. The van der Waals surface area contributed by atoms with Crippen LogP contribution in [0.3, 0.4) is 0 Å². The molecule has 1 aliphatic rings. The quantitative estimate of drug-likeness (QED) is 0.650. The molecule has 166 valence electrons. The van der Waals surface area contributed by atoms with E-state index in [4.69, 9.17) is 4.74 Å². The van der Waals surface area contributed by atoms with Gasteiger partial charge in [0.25, 0.3) is 0 Å². The molecule has 2 N–H and O–H groups in total. The first kappa shape index (κ1) is 23.0. The van der Waals surface area contributed by atoms with Crippen molar-refractivity contribution in [1.29, 1.82) is 0 Å². The molecule has 6 heteroatoms. The van der Waals surface area contributed by atoms with E-state index in [2.05, 4.69) is 27.7 Å². The van der Waals surface area contributed by atoms with E-state index >= 15 is 0 Å². The highest BCUT2D eigenvalue weighted by atomic mass is 16.5. The molecule has 2 unspecified atom stereocenters. The molecule has 2 aromatic carbocycles. The van der Waals surface area contributed by atoms with E-state index in [1.165, 1.54) is 5.56 Å². The second-order valence-corrected chi connectivity index (χ2v) is 8.41. The van der Waals surface area contributed by atoms with Crippen LogP contribution in [0.4, 0.5) is 0 Å². The summed E-state index contributed by atoms with van der Waals surface area (Å²) in [4.78, 5) is 27.6. The molecule has 2 amide bonds. The van der Waals surface area contributed by atoms with Crippen molar-refractivity contribution in [3.63, 3.8) is 0 Å². The molecule has 0 aliphatic carbocycles. The molecule has 0 saturated carbocycles. The summed E-state index contributed by atoms with van der Waals surface area (Å²) in [7, 11) is 0. The van der Waals surface area contributed by atoms with Crippen molar-refractivity contribution < 1.29 is 14.3 Å². The van der Waals surface area contributed by atoms with Crippen LogP contribution in [-0.4, -0.2) is 55.1 Å². The van der Waals surface area contributed by atoms with Crippen molar-refractivity contribution in [2.45, 2.75) is 39.0 Å². The Morgan fingerprint density at radius 2 is 1.68 bits per heavy atom. The fraction of sp³-hybridized carbons (Fsp3) is 0.440. The summed E-state index contributed by atoms with van der Waals surface area (Å²) in [5.74, 6) is -0.329. The van der Waals surface area contributed by atoms with Crippen LogP contribution in [0.5, 0.6) is 0 Å². The maximum atomic E-state index is 12.8. The standard InChI is InChI=1S/C25H33N3O3/c1-19(2)24(27-23(29)15-20-9-5-3-6-10-20)25(30)26-16-22-18-28(13-14-31-22)17-21-11-7-4-8-12-21/h3-12,19,22,24H,13-18H2,1-2H3,(H,26,30)(H,27,29). The molecule has 2 atom stereocenters. The van der Waals surface area contributed by atoms with Crippen LogP contribution in [0.1, 0.15) is 25.0 Å². The maximum Gasteiger partial charge on any atom is 0.242 e. The minimum Gasteiger partial charge on any atom is -0.374 e. The second kappa shape index (κ2) is 11.6. The number of carbonyl (C=O) groups is 2. The van der Waals surface area contributed by atoms with E-state index in [1.54, 1.807) is 0 Å². The number of carbonyl (C=O) groups excluding carboxylic acids is 2. The molecule has 1 saturated heterocycles. The highest BCUT2D eigenvalue weighted by Crippen LogP contribution is 2.11. The van der Waals surface area contributed by atoms with Crippen molar-refractivity contribution in [2.24, 2.45) is 5.92 Å². The van der Waals surface area contributed by atoms with Gasteiger partial charge in [0.1, 0.15) is 6.04 Å². The first-order valence-corrected chi connectivity index (χ1v) is 11.0. The smallest absolute Gasteiger partial charge is 0.242 e. The number of hydrogen-bond donors (Lipinski definition) is 2. The maximum absolute atomic E-state index is 12.8. The Bertz CT molecular complexity index is 826. The zero-order valence-corrected chi connectivity index (χ0v) is 18.4. The molecule has 2 aromatic rings. The van der Waals surface area contributed by atoms with Gasteiger partial charge in [0.05, 0.1) is 19.1 Å². The molecule has 6 nitrogen and oxygen atoms in total. The van der Waals surface area contributed by atoms with E-state index in [-0.39, 0.29) is 30.3 Å². The third kappa shape index (κ3) is 7.49. The molecule has 31 heavy (non-hydrogen) atoms. The summed E-state index contributed by atoms with van der Waals surface area (Å²) in [5.41, 5.74) is 2.20. The third-order valence-corrected chi connectivity index (χ3v) is 5.45. The van der Waals surface area contributed by atoms with Crippen molar-refractivity contribution in [1.82, 2.24) is 15.5 Å². The number of rotatable bonds is 9. The average molecular weight is 424 g/mol. The van der Waals surface area contributed by atoms with Crippen LogP contribution in [0.25, 0.3) is 0 Å². The molecule has 1 fully saturated rings. The van der Waals surface area contributed by atoms with Gasteiger partial charge in [0.15, 0.2) is 0 Å². The topological polar surface area (TPSA) is 70.7 Å². The number of nitrogens with zero attached hydrogens (tertiary/aromatic N) is 1. The van der Waals surface area contributed by atoms with Crippen LogP contribution >= 0.6 is 0 Å². The first-order valence-electron chi connectivity index (χ1n) is 11.0. The van der Waals surface area contributed by atoms with Crippen molar-refractivity contribution >= 4 is 11.8 Å². The van der Waals surface area contributed by atoms with Gasteiger partial charge in [-0.2, -0.15) is 0 Å². The molecule has 0 bridgehead atoms. The van der Waals surface area contributed by atoms with Gasteiger partial charge in [0, 0.05) is 26.2 Å². The lowest BCUT2D eigenvalue weighted by atomic mass is 10.0. The Labute approximate surface area is 185 Å². The van der Waals surface area contributed by atoms with Gasteiger partial charge in [-0.3, -0.25) is 14.5 Å². The van der Waals surface area contributed by atoms with Gasteiger partial charge < -0.3 is 15.4 Å². The normalized spacial score (nSPS) is 17.8. The van der Waals surface area contributed by atoms with E-state index in [0.717, 1.165) is 25.2 Å². The lowest BCUT2D eigenvalue weighted by molar-refractivity contribution is -0.130. The van der Waals surface area contributed by atoms with Crippen LogP contribution < -0.4 is 10.6 Å². The Balaban J connectivity index is 1.47. The summed E-state index contributed by atoms with van der Waals surface area (Å²) in [6.45, 7) is 7.47. The summed E-state index contributed by atoms with van der Waals surface area (Å²) in [5, 5.41) is 5.87. The minimum atomic E-state index is -0.569. The number of hydrogen-bond acceptors (Lipinski definition) is 4. The Morgan fingerprint density at radius 1 is 1.03 bits per heavy atom. The number of nitrogens with one attached hydrogen (secondary N) is 2. The van der Waals surface area contributed by atoms with Gasteiger partial charge in [-0.1, -0.05) is 74.5 Å². The molecular formula is C25H33N3O3. The molecule has 1 heterocycles. The number of benzene rings is 2. The summed E-state index contributed by atoms with van der Waals surface area (Å²) < 4.78 is 5.85. The van der Waals surface area contributed by atoms with Gasteiger partial charge in [-0.25, -0.2) is 0 Å². The predicted molar refractivity (Wildman–Crippen MR) is 121 cm³/mol. The van der Waals surface area contributed by atoms with Crippen LogP contribution in [0.15, 0.2) is 60.7 Å². The van der Waals surface area contributed by atoms with Crippen LogP contribution in [0.2, 0.25) is 0 Å². The van der Waals surface area contributed by atoms with E-state index in [1.807, 2.05) is 62.4 Å². The lowest BCUT2D eigenvalue weighted by Crippen LogP contribution is -2.53. The molecule has 1 aliphatic heterocycles. The van der Waals surface area contributed by atoms with E-state index in [9.17, 15) is 9.59 Å². The summed E-state index contributed by atoms with van der Waals surface area (Å²) in [6, 6.07) is 19.3. The molecule has 0 radical (unpaired) electrons. The van der Waals surface area contributed by atoms with Gasteiger partial charge in [0.2, 0.25) is 11.8 Å². The Morgan fingerprint density at radius 3 is 2.32 bits per heavy atom. The van der Waals surface area contributed by atoms with Gasteiger partial charge >= 0.3 is 0 Å². The largest absolute Gasteiger partial charge is 0.374 e. The van der Waals surface area contributed by atoms with Gasteiger partial charge in [-0.15, -0.1) is 0 Å². The minimum absolute atomic E-state index is 0.0124. The molecule has 3 rings (SSSR count). The number of amides is 2.